The lowest BCUT2D eigenvalue weighted by Crippen LogP contribution is -2.32. The molecule has 0 radical (unpaired) electrons. The van der Waals surface area contributed by atoms with Crippen LogP contribution in [0.25, 0.3) is 0 Å². The highest BCUT2D eigenvalue weighted by atomic mass is 16.1. The molecule has 3 N–H and O–H groups in total. The smallest absolute Gasteiger partial charge is 0.212 e. The Balaban J connectivity index is 3.71. The van der Waals surface area contributed by atoms with Gasteiger partial charge in [0.05, 0.1) is 6.54 Å². The minimum Gasteiger partial charge on any atom is -0.314 e. The normalized spacial score (nSPS) is 10.8. The van der Waals surface area contributed by atoms with Gasteiger partial charge in [-0.2, -0.15) is 5.10 Å². The van der Waals surface area contributed by atoms with Gasteiger partial charge in [-0.1, -0.05) is 0 Å². The van der Waals surface area contributed by atoms with Gasteiger partial charge in [-0.05, 0) is 7.05 Å². The summed E-state index contributed by atoms with van der Waals surface area (Å²) in [6.07, 6.45) is 0.591. The molecule has 0 aromatic heterocycles. The zero-order chi connectivity index (χ0) is 7.82. The summed E-state index contributed by atoms with van der Waals surface area (Å²) < 4.78 is 0. The van der Waals surface area contributed by atoms with E-state index >= 15 is 0 Å². The fraction of sp³-hybridized carbons (Fsp3) is 0.600. The largest absolute Gasteiger partial charge is 0.314 e. The van der Waals surface area contributed by atoms with Crippen LogP contribution < -0.4 is 16.1 Å². The second-order valence-electron chi connectivity index (χ2n) is 1.57. The average Bonchev–Trinajstić information content (AvgIpc) is 1.90. The minimum atomic E-state index is 0.541. The van der Waals surface area contributed by atoms with E-state index in [0.29, 0.717) is 18.8 Å². The predicted molar refractivity (Wildman–Crippen MR) is 39.6 cm³/mol. The topological polar surface area (TPSA) is 65.5 Å². The summed E-state index contributed by atoms with van der Waals surface area (Å²) in [5.74, 6) is 0.569. The number of likely N-dealkylation sites (N-methyl/N-ethyl adjacent to an activating group) is 1. The number of nitrogens with one attached hydrogen (secondary N) is 3. The average molecular weight is 144 g/mol. The fourth-order valence-corrected chi connectivity index (χ4v) is 0.493. The Morgan fingerprint density at radius 3 is 2.70 bits per heavy atom. The molecule has 0 aromatic rings. The number of amidine groups is 1. The van der Waals surface area contributed by atoms with Crippen molar-refractivity contribution in [3.63, 3.8) is 0 Å². The Hall–Kier alpha value is -1.10. The number of rotatable bonds is 4. The highest BCUT2D eigenvalue weighted by Crippen LogP contribution is 1.64. The molecule has 0 bridgehead atoms. The van der Waals surface area contributed by atoms with Crippen molar-refractivity contribution >= 4 is 12.2 Å². The van der Waals surface area contributed by atoms with Crippen LogP contribution >= 0.6 is 0 Å². The molecule has 10 heavy (non-hydrogen) atoms. The van der Waals surface area contributed by atoms with E-state index in [9.17, 15) is 4.79 Å². The SMILES string of the molecule is CNC/C(=N/NC)NC=O. The molecule has 0 unspecified atom stereocenters. The molecule has 0 saturated carbocycles. The summed E-state index contributed by atoms with van der Waals surface area (Å²) in [6, 6.07) is 0. The van der Waals surface area contributed by atoms with Gasteiger partial charge in [-0.3, -0.25) is 4.79 Å². The first-order valence-electron chi connectivity index (χ1n) is 2.93. The number of hydrogen-bond acceptors (Lipinski definition) is 4. The van der Waals surface area contributed by atoms with Crippen molar-refractivity contribution in [1.29, 1.82) is 0 Å². The minimum absolute atomic E-state index is 0.541. The monoisotopic (exact) mass is 144 g/mol. The van der Waals surface area contributed by atoms with Crippen molar-refractivity contribution < 1.29 is 4.79 Å². The van der Waals surface area contributed by atoms with E-state index in [4.69, 9.17) is 0 Å². The quantitative estimate of drug-likeness (QED) is 0.194. The third-order valence-electron chi connectivity index (χ3n) is 0.817. The lowest BCUT2D eigenvalue weighted by molar-refractivity contribution is -0.108. The molecule has 0 aliphatic rings. The van der Waals surface area contributed by atoms with Crippen molar-refractivity contribution in [3.05, 3.63) is 0 Å². The highest BCUT2D eigenvalue weighted by molar-refractivity contribution is 5.91. The Bertz CT molecular complexity index is 123. The molecule has 0 aromatic carbocycles. The van der Waals surface area contributed by atoms with Crippen molar-refractivity contribution in [3.8, 4) is 0 Å². The number of nitrogens with zero attached hydrogens (tertiary/aromatic N) is 1. The zero-order valence-electron chi connectivity index (χ0n) is 6.14. The van der Waals surface area contributed by atoms with Crippen LogP contribution in [0.4, 0.5) is 0 Å². The van der Waals surface area contributed by atoms with Gasteiger partial charge < -0.3 is 16.1 Å². The second-order valence-corrected chi connectivity index (χ2v) is 1.57. The maximum atomic E-state index is 9.92. The van der Waals surface area contributed by atoms with Crippen LogP contribution in [-0.4, -0.2) is 32.9 Å². The molecule has 0 heterocycles. The Kier molecular flexibility index (Phi) is 5.36. The molecule has 5 nitrogen and oxygen atoms in total. The molecular weight excluding hydrogens is 132 g/mol. The number of carbonyl (C=O) groups excluding carboxylic acids is 1. The first-order valence-corrected chi connectivity index (χ1v) is 2.93. The molecule has 58 valence electrons. The zero-order valence-corrected chi connectivity index (χ0v) is 6.14. The first-order chi connectivity index (χ1) is 4.85. The molecule has 1 amide bonds. The van der Waals surface area contributed by atoms with Crippen molar-refractivity contribution in [2.75, 3.05) is 20.6 Å². The highest BCUT2D eigenvalue weighted by Gasteiger charge is 1.92. The number of hydrazone groups is 1. The van der Waals surface area contributed by atoms with E-state index in [1.807, 2.05) is 0 Å². The van der Waals surface area contributed by atoms with E-state index in [2.05, 4.69) is 21.2 Å². The summed E-state index contributed by atoms with van der Waals surface area (Å²) >= 11 is 0. The lowest BCUT2D eigenvalue weighted by atomic mass is 10.6. The molecule has 0 aliphatic heterocycles. The third kappa shape index (κ3) is 3.85. The summed E-state index contributed by atoms with van der Waals surface area (Å²) in [4.78, 5) is 9.92. The van der Waals surface area contributed by atoms with Crippen LogP contribution in [0.5, 0.6) is 0 Å². The van der Waals surface area contributed by atoms with Crippen LogP contribution in [0.3, 0.4) is 0 Å². The number of amides is 1. The first kappa shape index (κ1) is 8.90. The Labute approximate surface area is 59.9 Å². The van der Waals surface area contributed by atoms with Crippen LogP contribution in [0.2, 0.25) is 0 Å². The maximum absolute atomic E-state index is 9.92. The molecular formula is C5H12N4O. The van der Waals surface area contributed by atoms with E-state index in [1.165, 1.54) is 0 Å². The van der Waals surface area contributed by atoms with E-state index in [0.717, 1.165) is 0 Å². The number of hydrogen-bond donors (Lipinski definition) is 3. The predicted octanol–water partition coefficient (Wildman–Crippen LogP) is -1.52. The third-order valence-corrected chi connectivity index (χ3v) is 0.817. The molecule has 0 rings (SSSR count). The van der Waals surface area contributed by atoms with Gasteiger partial charge in [-0.25, -0.2) is 0 Å². The van der Waals surface area contributed by atoms with Crippen molar-refractivity contribution in [2.45, 2.75) is 0 Å². The molecule has 0 atom stereocenters. The maximum Gasteiger partial charge on any atom is 0.212 e. The van der Waals surface area contributed by atoms with Crippen LogP contribution in [0.15, 0.2) is 5.10 Å². The van der Waals surface area contributed by atoms with Gasteiger partial charge in [0.25, 0.3) is 0 Å². The molecule has 0 spiro atoms. The fourth-order valence-electron chi connectivity index (χ4n) is 0.493. The standard InChI is InChI=1S/C5H12N4O/c1-6-3-5(8-4-10)9-7-2/h4,6-7H,3H2,1-2H3,(H,8,9,10). The van der Waals surface area contributed by atoms with E-state index in [1.54, 1.807) is 14.1 Å². The van der Waals surface area contributed by atoms with E-state index in [-0.39, 0.29) is 0 Å². The molecule has 0 fully saturated rings. The molecule has 0 aliphatic carbocycles. The Morgan fingerprint density at radius 2 is 2.30 bits per heavy atom. The summed E-state index contributed by atoms with van der Waals surface area (Å²) in [5, 5.41) is 9.04. The second kappa shape index (κ2) is 6.03. The van der Waals surface area contributed by atoms with E-state index < -0.39 is 0 Å². The van der Waals surface area contributed by atoms with Gasteiger partial charge in [-0.15, -0.1) is 0 Å². The van der Waals surface area contributed by atoms with Gasteiger partial charge >= 0.3 is 0 Å². The summed E-state index contributed by atoms with van der Waals surface area (Å²) in [6.45, 7) is 0.541. The van der Waals surface area contributed by atoms with Crippen LogP contribution in [0.1, 0.15) is 0 Å². The summed E-state index contributed by atoms with van der Waals surface area (Å²) in [5.41, 5.74) is 2.56. The van der Waals surface area contributed by atoms with Gasteiger partial charge in [0.15, 0.2) is 0 Å². The Morgan fingerprint density at radius 1 is 1.60 bits per heavy atom. The molecule has 0 saturated heterocycles. The number of carbonyl (C=O) groups is 1. The van der Waals surface area contributed by atoms with Crippen molar-refractivity contribution in [1.82, 2.24) is 16.1 Å². The van der Waals surface area contributed by atoms with Gasteiger partial charge in [0.1, 0.15) is 5.84 Å². The molecule has 5 heteroatoms. The van der Waals surface area contributed by atoms with Crippen LogP contribution in [0, 0.1) is 0 Å². The van der Waals surface area contributed by atoms with Gasteiger partial charge in [0, 0.05) is 7.05 Å². The lowest BCUT2D eigenvalue weighted by Gasteiger charge is -2.01. The van der Waals surface area contributed by atoms with Gasteiger partial charge in [0.2, 0.25) is 6.41 Å². The van der Waals surface area contributed by atoms with Crippen molar-refractivity contribution in [2.24, 2.45) is 5.10 Å². The van der Waals surface area contributed by atoms with Crippen LogP contribution in [-0.2, 0) is 4.79 Å². The summed E-state index contributed by atoms with van der Waals surface area (Å²) in [7, 11) is 3.44.